The van der Waals surface area contributed by atoms with Gasteiger partial charge < -0.3 is 9.64 Å². The predicted octanol–water partition coefficient (Wildman–Crippen LogP) is 4.85. The summed E-state index contributed by atoms with van der Waals surface area (Å²) in [6.07, 6.45) is 1.62. The van der Waals surface area contributed by atoms with Gasteiger partial charge in [0.2, 0.25) is 5.95 Å². The lowest BCUT2D eigenvalue weighted by Gasteiger charge is -2.30. The van der Waals surface area contributed by atoms with E-state index in [1.54, 1.807) is 24.4 Å². The van der Waals surface area contributed by atoms with Crippen LogP contribution in [0.5, 0.6) is 0 Å². The Morgan fingerprint density at radius 1 is 1.03 bits per heavy atom. The first-order chi connectivity index (χ1) is 14.8. The van der Waals surface area contributed by atoms with Crippen molar-refractivity contribution in [3.8, 4) is 17.2 Å². The van der Waals surface area contributed by atoms with Gasteiger partial charge in [-0.3, -0.25) is 0 Å². The molecule has 0 fully saturated rings. The summed E-state index contributed by atoms with van der Waals surface area (Å²) in [7, 11) is 1.37. The number of hydrogen-bond donors (Lipinski definition) is 0. The molecule has 0 radical (unpaired) electrons. The quantitative estimate of drug-likeness (QED) is 0.536. The van der Waals surface area contributed by atoms with Crippen LogP contribution in [0.3, 0.4) is 0 Å². The lowest BCUT2D eigenvalue weighted by molar-refractivity contribution is 0.0600. The summed E-state index contributed by atoms with van der Waals surface area (Å²) in [5, 5.41) is 9.18. The van der Waals surface area contributed by atoms with Gasteiger partial charge in [-0.2, -0.15) is 5.26 Å². The van der Waals surface area contributed by atoms with E-state index in [4.69, 9.17) is 4.74 Å². The zero-order valence-electron chi connectivity index (χ0n) is 18.3. The van der Waals surface area contributed by atoms with Crippen molar-refractivity contribution in [2.24, 2.45) is 5.41 Å². The van der Waals surface area contributed by atoms with Crippen LogP contribution in [0.1, 0.15) is 42.4 Å². The van der Waals surface area contributed by atoms with Gasteiger partial charge in [-0.25, -0.2) is 14.8 Å². The van der Waals surface area contributed by atoms with E-state index in [2.05, 4.69) is 66.0 Å². The van der Waals surface area contributed by atoms with Gasteiger partial charge in [0.15, 0.2) is 0 Å². The fourth-order valence-electron chi connectivity index (χ4n) is 3.27. The summed E-state index contributed by atoms with van der Waals surface area (Å²) in [5.74, 6) is 0.208. The second-order valence-electron chi connectivity index (χ2n) is 8.54. The molecule has 31 heavy (non-hydrogen) atoms. The Morgan fingerprint density at radius 2 is 1.65 bits per heavy atom. The maximum Gasteiger partial charge on any atom is 0.337 e. The van der Waals surface area contributed by atoms with Crippen LogP contribution in [0.2, 0.25) is 0 Å². The van der Waals surface area contributed by atoms with Crippen LogP contribution in [-0.4, -0.2) is 29.6 Å². The molecule has 1 heterocycles. The minimum atomic E-state index is -0.344. The molecule has 158 valence electrons. The lowest BCUT2D eigenvalue weighted by Crippen LogP contribution is -2.33. The summed E-state index contributed by atoms with van der Waals surface area (Å²) in [4.78, 5) is 22.5. The first-order valence-corrected chi connectivity index (χ1v) is 10.0. The van der Waals surface area contributed by atoms with Gasteiger partial charge in [-0.05, 0) is 40.3 Å². The molecule has 0 unspecified atom stereocenters. The monoisotopic (exact) mass is 414 g/mol. The molecule has 0 spiro atoms. The molecule has 0 N–H and O–H groups in total. The number of anilines is 1. The van der Waals surface area contributed by atoms with Crippen LogP contribution in [-0.2, 0) is 11.3 Å². The summed E-state index contributed by atoms with van der Waals surface area (Å²) in [6, 6.07) is 19.3. The molecule has 3 aromatic rings. The molecule has 0 saturated carbocycles. The van der Waals surface area contributed by atoms with Crippen molar-refractivity contribution in [1.29, 1.82) is 5.26 Å². The van der Waals surface area contributed by atoms with E-state index in [1.165, 1.54) is 7.11 Å². The predicted molar refractivity (Wildman–Crippen MR) is 120 cm³/mol. The molecule has 0 bridgehead atoms. The highest BCUT2D eigenvalue weighted by atomic mass is 16.5. The molecular weight excluding hydrogens is 388 g/mol. The molecule has 6 nitrogen and oxygen atoms in total. The van der Waals surface area contributed by atoms with E-state index in [-0.39, 0.29) is 11.4 Å². The van der Waals surface area contributed by atoms with Gasteiger partial charge in [-0.15, -0.1) is 0 Å². The Bertz CT molecular complexity index is 1080. The number of aromatic nitrogens is 2. The van der Waals surface area contributed by atoms with Crippen LogP contribution in [0.4, 0.5) is 5.95 Å². The van der Waals surface area contributed by atoms with E-state index < -0.39 is 0 Å². The Hall–Kier alpha value is -3.72. The maximum atomic E-state index is 11.6. The van der Waals surface area contributed by atoms with Crippen LogP contribution in [0.25, 0.3) is 11.1 Å². The Balaban J connectivity index is 1.81. The normalized spacial score (nSPS) is 10.9. The number of carbonyl (C=O) groups excluding carboxylic acids is 1. The number of esters is 1. The molecule has 6 heteroatoms. The van der Waals surface area contributed by atoms with Gasteiger partial charge in [0, 0.05) is 19.3 Å². The standard InChI is InChI=1S/C25H26N4O2/c1-25(2,3)17-29(24-27-14-13-22(15-26)28-24)16-18-5-7-19(8-6-18)20-9-11-21(12-10-20)23(30)31-4/h5-14H,16-17H2,1-4H3. The number of rotatable bonds is 6. The fourth-order valence-corrected chi connectivity index (χ4v) is 3.27. The summed E-state index contributed by atoms with van der Waals surface area (Å²) < 4.78 is 4.75. The van der Waals surface area contributed by atoms with Gasteiger partial charge in [0.25, 0.3) is 0 Å². The Morgan fingerprint density at radius 3 is 2.19 bits per heavy atom. The van der Waals surface area contributed by atoms with E-state index in [0.29, 0.717) is 23.8 Å². The number of carbonyl (C=O) groups is 1. The van der Waals surface area contributed by atoms with E-state index in [1.807, 2.05) is 12.1 Å². The molecule has 3 rings (SSSR count). The third-order valence-corrected chi connectivity index (χ3v) is 4.67. The average molecular weight is 415 g/mol. The minimum absolute atomic E-state index is 0.0351. The first-order valence-electron chi connectivity index (χ1n) is 10.0. The second kappa shape index (κ2) is 9.40. The average Bonchev–Trinajstić information content (AvgIpc) is 2.78. The van der Waals surface area contributed by atoms with Crippen LogP contribution in [0.15, 0.2) is 60.8 Å². The van der Waals surface area contributed by atoms with Gasteiger partial charge in [0.05, 0.1) is 12.7 Å². The maximum absolute atomic E-state index is 11.6. The van der Waals surface area contributed by atoms with E-state index in [0.717, 1.165) is 23.2 Å². The summed E-state index contributed by atoms with van der Waals surface area (Å²) >= 11 is 0. The van der Waals surface area contributed by atoms with Gasteiger partial charge in [-0.1, -0.05) is 57.2 Å². The van der Waals surface area contributed by atoms with Gasteiger partial charge >= 0.3 is 5.97 Å². The topological polar surface area (TPSA) is 79.1 Å². The Labute approximate surface area is 183 Å². The third-order valence-electron chi connectivity index (χ3n) is 4.67. The van der Waals surface area contributed by atoms with E-state index >= 15 is 0 Å². The number of methoxy groups -OCH3 is 1. The number of hydrogen-bond acceptors (Lipinski definition) is 6. The lowest BCUT2D eigenvalue weighted by atomic mass is 9.95. The minimum Gasteiger partial charge on any atom is -0.465 e. The molecule has 0 aliphatic rings. The van der Waals surface area contributed by atoms with Crippen molar-refractivity contribution < 1.29 is 9.53 Å². The second-order valence-corrected chi connectivity index (χ2v) is 8.54. The van der Waals surface area contributed by atoms with Crippen LogP contribution in [0, 0.1) is 16.7 Å². The zero-order chi connectivity index (χ0) is 22.4. The van der Waals surface area contributed by atoms with Crippen molar-refractivity contribution in [3.05, 3.63) is 77.6 Å². The fraction of sp³-hybridized carbons (Fsp3) is 0.280. The Kier molecular flexibility index (Phi) is 6.66. The summed E-state index contributed by atoms with van der Waals surface area (Å²) in [6.45, 7) is 7.87. The molecule has 0 aliphatic heterocycles. The number of nitriles is 1. The SMILES string of the molecule is COC(=O)c1ccc(-c2ccc(CN(CC(C)(C)C)c3nccc(C#N)n3)cc2)cc1. The number of benzene rings is 2. The highest BCUT2D eigenvalue weighted by Crippen LogP contribution is 2.24. The molecular formula is C25H26N4O2. The van der Waals surface area contributed by atoms with E-state index in [9.17, 15) is 10.1 Å². The first kappa shape index (κ1) is 22.0. The number of ether oxygens (including phenoxy) is 1. The molecule has 0 atom stereocenters. The molecule has 0 aliphatic carbocycles. The highest BCUT2D eigenvalue weighted by Gasteiger charge is 2.19. The number of nitrogens with zero attached hydrogens (tertiary/aromatic N) is 4. The molecule has 1 aromatic heterocycles. The van der Waals surface area contributed by atoms with Crippen molar-refractivity contribution in [2.45, 2.75) is 27.3 Å². The largest absolute Gasteiger partial charge is 0.465 e. The molecule has 2 aromatic carbocycles. The zero-order valence-corrected chi connectivity index (χ0v) is 18.3. The van der Waals surface area contributed by atoms with Crippen molar-refractivity contribution in [3.63, 3.8) is 0 Å². The van der Waals surface area contributed by atoms with Crippen LogP contribution >= 0.6 is 0 Å². The van der Waals surface area contributed by atoms with Crippen molar-refractivity contribution >= 4 is 11.9 Å². The van der Waals surface area contributed by atoms with Gasteiger partial charge in [0.1, 0.15) is 11.8 Å². The van der Waals surface area contributed by atoms with Crippen molar-refractivity contribution in [1.82, 2.24) is 9.97 Å². The third kappa shape index (κ3) is 5.89. The summed E-state index contributed by atoms with van der Waals surface area (Å²) in [5.41, 5.74) is 4.12. The smallest absolute Gasteiger partial charge is 0.337 e. The molecule has 0 saturated heterocycles. The van der Waals surface area contributed by atoms with Crippen molar-refractivity contribution in [2.75, 3.05) is 18.6 Å². The highest BCUT2D eigenvalue weighted by molar-refractivity contribution is 5.89. The molecule has 0 amide bonds. The van der Waals surface area contributed by atoms with Crippen LogP contribution < -0.4 is 4.90 Å².